The summed E-state index contributed by atoms with van der Waals surface area (Å²) in [5.41, 5.74) is 17.9. The number of nitrogens with zero attached hydrogens (tertiary/aromatic N) is 14. The number of ether oxygens (including phenoxy) is 9. The van der Waals surface area contributed by atoms with E-state index in [-0.39, 0.29) is 24.5 Å². The fourth-order valence-corrected chi connectivity index (χ4v) is 14.6. The second-order valence-electron chi connectivity index (χ2n) is 29.4. The van der Waals surface area contributed by atoms with Crippen LogP contribution in [0.5, 0.6) is 40.2 Å². The summed E-state index contributed by atoms with van der Waals surface area (Å²) in [7, 11) is 9.46. The monoisotopic (exact) mass is 1720 g/mol. The first-order valence-electron chi connectivity index (χ1n) is 41.2. The lowest BCUT2D eigenvalue weighted by Gasteiger charge is -2.32. The van der Waals surface area contributed by atoms with Crippen LogP contribution in [0.1, 0.15) is 46.7 Å². The molecular weight excluding hydrogens is 1610 g/mol. The van der Waals surface area contributed by atoms with Crippen molar-refractivity contribution in [1.82, 2.24) is 75.4 Å². The lowest BCUT2D eigenvalue weighted by Crippen LogP contribution is -2.37. The van der Waals surface area contributed by atoms with E-state index in [1.165, 1.54) is 24.7 Å². The van der Waals surface area contributed by atoms with E-state index >= 15 is 0 Å². The Morgan fingerprint density at radius 1 is 0.421 bits per heavy atom. The minimum Gasteiger partial charge on any atom is -0.497 e. The maximum absolute atomic E-state index is 12.0. The average molecular weight is 1720 g/mol. The summed E-state index contributed by atoms with van der Waals surface area (Å²) < 4.78 is 48.9. The van der Waals surface area contributed by atoms with Crippen LogP contribution in [0.4, 0.5) is 65.6 Å². The third-order valence-corrected chi connectivity index (χ3v) is 21.1. The molecule has 10 N–H and O–H groups in total. The second-order valence-corrected chi connectivity index (χ2v) is 29.4. The SMILES string of the molecule is CCNC(=O)N(C)c1ccc2c(c1)N(Cc1cnc[nH]1)CCO2.CNC(=O)Nc1ccc2c(c1)N(Cc1cnc[nH]1)CCO2.COC(=O)Cc1ccc2c(c1)N(Cc1cnc[nH]1)CCO2.COC(=O)N(C)c1ccc2c(c1)N(Cc1cnc[nH]1)CCO2.COc1ccc2c(c1)N(Cc1cnc[nH]1)CCO2.c1c[nH]c(-c2ccc3c(c2)N(Cc2cnc[nH]2)CCO3)c1. The number of carbonyl (C=O) groups is 4. The molecule has 126 heavy (non-hydrogen) atoms. The standard InChI is InChI=1S/C16H21N5O2.C16H16N4O.C15H18N4O3.C15H17N3O3.C14H17N5O2.C13H15N3O2/c1-3-18-16(22)20(2)13-4-5-15-14(8-13)21(6-7-23-15)10-12-9-17-11-19-12;1-2-14(18-5-1)12-3-4-16-15(8-12)20(6-7-21-16)10-13-9-17-11-19-13;1-18(15(20)21-2)12-3-4-14-13(7-12)19(5-6-22-14)9-11-8-16-10-17-11;1-20-15(19)7-11-2-3-14-13(6-11)18(4-5-21-14)9-12-8-16-10-17-12;1-15-14(20)18-10-2-3-13-12(6-10)19(4-5-21-13)8-11-7-16-9-17-11;1-17-11-2-3-13-12(6-11)16(4-5-18-13)8-10-7-14-9-15-10/h4-5,8-9,11H,3,6-7,10H2,1-2H3,(H,17,19)(H,18,22);1-5,8-9,11,18H,6-7,10H2,(H,17,19);3-4,7-8,10H,5-6,9H2,1-2H3,(H,16,17);2-3,6,8,10H,4-5,7,9H2,1H3,(H,16,17);2-3,6-7,9H,4-5,8H2,1H3,(H,16,17)(H2,15,18,20);2-3,6-7,9H,4-5,8H2,1H3,(H,14,15). The van der Waals surface area contributed by atoms with Crippen molar-refractivity contribution in [3.8, 4) is 51.5 Å². The summed E-state index contributed by atoms with van der Waals surface area (Å²) in [6.45, 7) is 15.9. The molecule has 6 aliphatic heterocycles. The third kappa shape index (κ3) is 22.8. The number of methoxy groups -OCH3 is 3. The number of benzene rings is 6. The molecule has 0 saturated carbocycles. The van der Waals surface area contributed by atoms with Gasteiger partial charge in [0.2, 0.25) is 0 Å². The Bertz CT molecular complexity index is 5470. The lowest BCUT2D eigenvalue weighted by atomic mass is 10.1. The molecule has 0 unspecified atom stereocenters. The Balaban J connectivity index is 0.000000123. The van der Waals surface area contributed by atoms with Gasteiger partial charge in [0.05, 0.1) is 213 Å². The number of anilines is 9. The molecule has 13 heterocycles. The predicted octanol–water partition coefficient (Wildman–Crippen LogP) is 11.7. The van der Waals surface area contributed by atoms with Crippen LogP contribution in [0.15, 0.2) is 203 Å². The van der Waals surface area contributed by atoms with Crippen molar-refractivity contribution in [2.24, 2.45) is 0 Å². The number of aromatic amines is 7. The Kier molecular flexibility index (Phi) is 29.6. The van der Waals surface area contributed by atoms with Gasteiger partial charge in [0.15, 0.2) is 0 Å². The molecule has 0 bridgehead atoms. The lowest BCUT2D eigenvalue weighted by molar-refractivity contribution is -0.139. The summed E-state index contributed by atoms with van der Waals surface area (Å²) in [6.07, 6.45) is 22.8. The topological polar surface area (TPSA) is 401 Å². The zero-order valence-electron chi connectivity index (χ0n) is 71.3. The maximum Gasteiger partial charge on any atom is 0.413 e. The molecule has 13 aromatic rings. The molecule has 0 fully saturated rings. The van der Waals surface area contributed by atoms with Gasteiger partial charge in [-0.15, -0.1) is 0 Å². The van der Waals surface area contributed by atoms with E-state index in [4.69, 9.17) is 42.6 Å². The second kappa shape index (κ2) is 42.9. The molecule has 6 aliphatic rings. The van der Waals surface area contributed by atoms with E-state index < -0.39 is 6.09 Å². The average Bonchev–Trinajstić information content (AvgIpc) is 1.75. The Hall–Kier alpha value is -15.5. The van der Waals surface area contributed by atoms with Crippen LogP contribution in [0.3, 0.4) is 0 Å². The summed E-state index contributed by atoms with van der Waals surface area (Å²) >= 11 is 0. The summed E-state index contributed by atoms with van der Waals surface area (Å²) in [4.78, 5) is 109. The number of carbonyl (C=O) groups excluding carboxylic acids is 4. The van der Waals surface area contributed by atoms with Gasteiger partial charge in [-0.2, -0.15) is 0 Å². The number of imidazole rings is 6. The molecule has 5 amide bonds. The predicted molar refractivity (Wildman–Crippen MR) is 478 cm³/mol. The minimum absolute atomic E-state index is 0.121. The van der Waals surface area contributed by atoms with Gasteiger partial charge in [-0.25, -0.2) is 44.3 Å². The number of hydrogen-bond donors (Lipinski definition) is 10. The highest BCUT2D eigenvalue weighted by atomic mass is 16.5. The highest BCUT2D eigenvalue weighted by molar-refractivity contribution is 5.93. The van der Waals surface area contributed by atoms with Gasteiger partial charge in [-0.05, 0) is 122 Å². The largest absolute Gasteiger partial charge is 0.497 e. The van der Waals surface area contributed by atoms with Crippen LogP contribution in [-0.2, 0) is 60.0 Å². The van der Waals surface area contributed by atoms with Crippen molar-refractivity contribution >= 4 is 75.3 Å². The Morgan fingerprint density at radius 2 is 0.794 bits per heavy atom. The zero-order chi connectivity index (χ0) is 87.5. The molecule has 0 atom stereocenters. The van der Waals surface area contributed by atoms with E-state index in [1.54, 1.807) is 77.3 Å². The number of hydrogen-bond acceptors (Lipinski definition) is 25. The Labute approximate surface area is 728 Å². The van der Waals surface area contributed by atoms with E-state index in [9.17, 15) is 19.2 Å². The number of urea groups is 2. The normalized spacial score (nSPS) is 13.5. The third-order valence-electron chi connectivity index (χ3n) is 21.1. The minimum atomic E-state index is -0.406. The van der Waals surface area contributed by atoms with Crippen LogP contribution in [0.2, 0.25) is 0 Å². The van der Waals surface area contributed by atoms with Gasteiger partial charge in [0.25, 0.3) is 0 Å². The first-order chi connectivity index (χ1) is 61.7. The van der Waals surface area contributed by atoms with Crippen LogP contribution in [0.25, 0.3) is 11.3 Å². The first-order valence-corrected chi connectivity index (χ1v) is 41.2. The van der Waals surface area contributed by atoms with Crippen LogP contribution < -0.4 is 88.3 Å². The maximum atomic E-state index is 12.0. The fourth-order valence-electron chi connectivity index (χ4n) is 14.6. The molecule has 0 aliphatic carbocycles. The Morgan fingerprint density at radius 3 is 1.17 bits per heavy atom. The van der Waals surface area contributed by atoms with E-state index in [2.05, 4.69) is 128 Å². The summed E-state index contributed by atoms with van der Waals surface area (Å²) in [6, 6.07) is 38.8. The van der Waals surface area contributed by atoms with Crippen molar-refractivity contribution in [1.29, 1.82) is 0 Å². The van der Waals surface area contributed by atoms with Gasteiger partial charge < -0.3 is 123 Å². The van der Waals surface area contributed by atoms with Crippen LogP contribution in [-0.4, -0.2) is 217 Å². The van der Waals surface area contributed by atoms with Gasteiger partial charge in [0, 0.05) is 105 Å². The number of H-pyrrole nitrogens is 7. The number of aromatic nitrogens is 13. The number of fused-ring (bicyclic) bond motifs is 6. The van der Waals surface area contributed by atoms with E-state index in [1.807, 2.05) is 147 Å². The smallest absolute Gasteiger partial charge is 0.413 e. The molecule has 37 heteroatoms. The van der Waals surface area contributed by atoms with E-state index in [0.29, 0.717) is 52.7 Å². The molecule has 19 rings (SSSR count). The van der Waals surface area contributed by atoms with Crippen molar-refractivity contribution in [3.63, 3.8) is 0 Å². The summed E-state index contributed by atoms with van der Waals surface area (Å²) in [5, 5.41) is 8.10. The quantitative estimate of drug-likeness (QED) is 0.0317. The van der Waals surface area contributed by atoms with Gasteiger partial charge >= 0.3 is 24.1 Å². The number of amides is 5. The highest BCUT2D eigenvalue weighted by Crippen LogP contribution is 2.42. The molecule has 37 nitrogen and oxygen atoms in total. The zero-order valence-corrected chi connectivity index (χ0v) is 71.3. The molecule has 0 saturated heterocycles. The van der Waals surface area contributed by atoms with Crippen LogP contribution >= 0.6 is 0 Å². The number of nitrogens with one attached hydrogen (secondary N) is 10. The number of esters is 1. The number of rotatable bonds is 20. The fraction of sp³-hybridized carbons (Fsp3) is 0.303. The molecule has 0 spiro atoms. The molecular formula is C89H104N24O13. The summed E-state index contributed by atoms with van der Waals surface area (Å²) in [5.74, 6) is 5.76. The van der Waals surface area contributed by atoms with Gasteiger partial charge in [-0.3, -0.25) is 14.6 Å². The molecule has 7 aromatic heterocycles. The first kappa shape index (κ1) is 86.9. The van der Waals surface area contributed by atoms with Crippen molar-refractivity contribution in [2.45, 2.75) is 52.6 Å². The molecule has 0 radical (unpaired) electrons. The van der Waals surface area contributed by atoms with Crippen molar-refractivity contribution in [3.05, 3.63) is 242 Å². The van der Waals surface area contributed by atoms with Crippen molar-refractivity contribution < 1.29 is 61.8 Å². The molecule has 658 valence electrons. The van der Waals surface area contributed by atoms with Gasteiger partial charge in [-0.1, -0.05) is 6.07 Å². The van der Waals surface area contributed by atoms with Crippen LogP contribution in [0, 0.1) is 0 Å². The van der Waals surface area contributed by atoms with Gasteiger partial charge in [0.1, 0.15) is 79.9 Å². The van der Waals surface area contributed by atoms with E-state index in [0.717, 1.165) is 209 Å². The van der Waals surface area contributed by atoms with Crippen molar-refractivity contribution in [2.75, 3.05) is 172 Å². The molecule has 6 aromatic carbocycles. The highest BCUT2D eigenvalue weighted by Gasteiger charge is 2.28.